The fourth-order valence-corrected chi connectivity index (χ4v) is 2.14. The Kier molecular flexibility index (Phi) is 4.42. The van der Waals surface area contributed by atoms with E-state index in [-0.39, 0.29) is 28.2 Å². The van der Waals surface area contributed by atoms with E-state index in [1.54, 1.807) is 13.0 Å². The summed E-state index contributed by atoms with van der Waals surface area (Å²) in [6, 6.07) is 3.29. The zero-order valence-corrected chi connectivity index (χ0v) is 12.8. The van der Waals surface area contributed by atoms with Gasteiger partial charge in [0.25, 0.3) is 0 Å². The number of benzene rings is 1. The molecule has 0 saturated carbocycles. The molecule has 0 fully saturated rings. The number of nitrogens with two attached hydrogens (primary N) is 1. The first-order chi connectivity index (χ1) is 10.4. The van der Waals surface area contributed by atoms with Gasteiger partial charge in [-0.15, -0.1) is 0 Å². The smallest absolute Gasteiger partial charge is 0.359 e. The number of nitrogen functional groups attached to an aromatic ring is 1. The van der Waals surface area contributed by atoms with Crippen LogP contribution in [-0.4, -0.2) is 22.4 Å². The molecular weight excluding hydrogens is 362 g/mol. The second-order valence-corrected chi connectivity index (χ2v) is 4.84. The molecule has 1 aromatic carbocycles. The summed E-state index contributed by atoms with van der Waals surface area (Å²) in [5.74, 6) is -2.99. The monoisotopic (exact) mass is 370 g/mol. The maximum absolute atomic E-state index is 14.1. The van der Waals surface area contributed by atoms with Gasteiger partial charge >= 0.3 is 5.97 Å². The second-order valence-electron chi connectivity index (χ2n) is 4.09. The molecule has 1 heterocycles. The van der Waals surface area contributed by atoms with E-state index in [9.17, 15) is 13.6 Å². The molecule has 0 atom stereocenters. The van der Waals surface area contributed by atoms with Crippen LogP contribution in [-0.2, 0) is 4.74 Å². The predicted octanol–water partition coefficient (Wildman–Crippen LogP) is 2.54. The highest BCUT2D eigenvalue weighted by Crippen LogP contribution is 2.29. The van der Waals surface area contributed by atoms with Crippen molar-refractivity contribution in [3.8, 4) is 11.8 Å². The molecule has 0 aliphatic rings. The molecule has 0 aliphatic heterocycles. The minimum atomic E-state index is -1.06. The number of ether oxygens (including phenoxy) is 1. The molecule has 0 spiro atoms. The van der Waals surface area contributed by atoms with Crippen molar-refractivity contribution in [2.45, 2.75) is 6.92 Å². The zero-order valence-electron chi connectivity index (χ0n) is 11.2. The minimum absolute atomic E-state index is 0.0405. The van der Waals surface area contributed by atoms with Crippen molar-refractivity contribution in [3.05, 3.63) is 39.6 Å². The van der Waals surface area contributed by atoms with Gasteiger partial charge in [0, 0.05) is 0 Å². The average Bonchev–Trinajstić information content (AvgIpc) is 2.74. The number of nitriles is 1. The van der Waals surface area contributed by atoms with Gasteiger partial charge in [-0.25, -0.2) is 18.3 Å². The van der Waals surface area contributed by atoms with Gasteiger partial charge in [0.1, 0.15) is 11.4 Å². The average molecular weight is 371 g/mol. The third kappa shape index (κ3) is 2.65. The molecule has 0 bridgehead atoms. The van der Waals surface area contributed by atoms with Crippen molar-refractivity contribution in [1.29, 1.82) is 5.26 Å². The first-order valence-electron chi connectivity index (χ1n) is 6.01. The number of anilines is 1. The van der Waals surface area contributed by atoms with E-state index in [1.165, 1.54) is 0 Å². The second kappa shape index (κ2) is 6.11. The molecular formula is C13H9BrF2N4O2. The van der Waals surface area contributed by atoms with Crippen LogP contribution in [0.5, 0.6) is 0 Å². The maximum Gasteiger partial charge on any atom is 0.359 e. The third-order valence-corrected chi connectivity index (χ3v) is 3.29. The Morgan fingerprint density at radius 2 is 2.09 bits per heavy atom. The van der Waals surface area contributed by atoms with Crippen LogP contribution in [0.4, 0.5) is 14.5 Å². The molecule has 0 radical (unpaired) electrons. The van der Waals surface area contributed by atoms with Gasteiger partial charge in [-0.1, -0.05) is 0 Å². The van der Waals surface area contributed by atoms with Gasteiger partial charge in [-0.05, 0) is 35.0 Å². The van der Waals surface area contributed by atoms with E-state index in [1.807, 2.05) is 0 Å². The summed E-state index contributed by atoms with van der Waals surface area (Å²) in [6.45, 7) is 1.63. The number of aromatic nitrogens is 2. The van der Waals surface area contributed by atoms with Crippen LogP contribution in [0.25, 0.3) is 5.69 Å². The zero-order chi connectivity index (χ0) is 16.4. The number of nitrogens with zero attached hydrogens (tertiary/aromatic N) is 3. The standard InChI is InChI=1S/C13H9BrF2N4O2/c1-2-22-13(21)11-9(18)12(14)19-20(11)10-7(15)3-6(5-17)4-8(10)16/h3-4H,2,18H2,1H3. The van der Waals surface area contributed by atoms with Gasteiger partial charge < -0.3 is 10.5 Å². The number of halogens is 3. The first kappa shape index (κ1) is 15.9. The number of carbonyl (C=O) groups excluding carboxylic acids is 1. The molecule has 1 aromatic heterocycles. The van der Waals surface area contributed by atoms with Crippen molar-refractivity contribution in [1.82, 2.24) is 9.78 Å². The molecule has 6 nitrogen and oxygen atoms in total. The molecule has 2 rings (SSSR count). The largest absolute Gasteiger partial charge is 0.461 e. The summed E-state index contributed by atoms with van der Waals surface area (Å²) in [5.41, 5.74) is 4.46. The van der Waals surface area contributed by atoms with Crippen molar-refractivity contribution >= 4 is 27.6 Å². The van der Waals surface area contributed by atoms with Crippen molar-refractivity contribution in [2.24, 2.45) is 0 Å². The Labute approximate surface area is 132 Å². The lowest BCUT2D eigenvalue weighted by Crippen LogP contribution is -2.15. The minimum Gasteiger partial charge on any atom is -0.461 e. The van der Waals surface area contributed by atoms with Crippen LogP contribution in [0.2, 0.25) is 0 Å². The molecule has 2 aromatic rings. The van der Waals surface area contributed by atoms with Crippen LogP contribution in [0.3, 0.4) is 0 Å². The summed E-state index contributed by atoms with van der Waals surface area (Å²) in [4.78, 5) is 11.9. The molecule has 0 aliphatic carbocycles. The third-order valence-electron chi connectivity index (χ3n) is 2.70. The lowest BCUT2D eigenvalue weighted by atomic mass is 10.2. The molecule has 114 valence electrons. The predicted molar refractivity (Wildman–Crippen MR) is 76.3 cm³/mol. The van der Waals surface area contributed by atoms with Gasteiger partial charge in [-0.2, -0.15) is 10.4 Å². The summed E-state index contributed by atoms with van der Waals surface area (Å²) in [6.07, 6.45) is 0. The quantitative estimate of drug-likeness (QED) is 0.837. The fraction of sp³-hybridized carbons (Fsp3) is 0.154. The molecule has 9 heteroatoms. The lowest BCUT2D eigenvalue weighted by molar-refractivity contribution is 0.0517. The van der Waals surface area contributed by atoms with E-state index >= 15 is 0 Å². The molecule has 2 N–H and O–H groups in total. The van der Waals surface area contributed by atoms with Crippen LogP contribution < -0.4 is 5.73 Å². The van der Waals surface area contributed by atoms with Gasteiger partial charge in [0.15, 0.2) is 21.9 Å². The van der Waals surface area contributed by atoms with Crippen molar-refractivity contribution < 1.29 is 18.3 Å². The summed E-state index contributed by atoms with van der Waals surface area (Å²) in [7, 11) is 0. The van der Waals surface area contributed by atoms with Crippen LogP contribution in [0, 0.1) is 23.0 Å². The van der Waals surface area contributed by atoms with E-state index in [0.717, 1.165) is 12.1 Å². The fourth-order valence-electron chi connectivity index (χ4n) is 1.79. The van der Waals surface area contributed by atoms with Gasteiger partial charge in [-0.3, -0.25) is 0 Å². The Balaban J connectivity index is 2.72. The van der Waals surface area contributed by atoms with Crippen LogP contribution in [0.1, 0.15) is 23.0 Å². The highest BCUT2D eigenvalue weighted by Gasteiger charge is 2.26. The van der Waals surface area contributed by atoms with E-state index in [4.69, 9.17) is 15.7 Å². The number of rotatable bonds is 3. The molecule has 0 unspecified atom stereocenters. The van der Waals surface area contributed by atoms with E-state index < -0.39 is 23.3 Å². The molecule has 0 amide bonds. The first-order valence-corrected chi connectivity index (χ1v) is 6.80. The highest BCUT2D eigenvalue weighted by atomic mass is 79.9. The molecule has 0 saturated heterocycles. The number of carbonyl (C=O) groups is 1. The summed E-state index contributed by atoms with van der Waals surface area (Å²) < 4.78 is 33.8. The van der Waals surface area contributed by atoms with E-state index in [2.05, 4.69) is 21.0 Å². The number of esters is 1. The SMILES string of the molecule is CCOC(=O)c1c(N)c(Br)nn1-c1c(F)cc(C#N)cc1F. The Morgan fingerprint density at radius 1 is 1.50 bits per heavy atom. The number of hydrogen-bond acceptors (Lipinski definition) is 5. The Morgan fingerprint density at radius 3 is 2.59 bits per heavy atom. The lowest BCUT2D eigenvalue weighted by Gasteiger charge is -2.09. The van der Waals surface area contributed by atoms with Crippen LogP contribution in [0.15, 0.2) is 16.7 Å². The van der Waals surface area contributed by atoms with Crippen LogP contribution >= 0.6 is 15.9 Å². The summed E-state index contributed by atoms with van der Waals surface area (Å²) in [5, 5.41) is 12.5. The highest BCUT2D eigenvalue weighted by molar-refractivity contribution is 9.10. The topological polar surface area (TPSA) is 93.9 Å². The van der Waals surface area contributed by atoms with Gasteiger partial charge in [0.05, 0.1) is 18.2 Å². The normalized spacial score (nSPS) is 10.3. The summed E-state index contributed by atoms with van der Waals surface area (Å²) >= 11 is 3.00. The Bertz CT molecular complexity index is 775. The van der Waals surface area contributed by atoms with Crippen molar-refractivity contribution in [2.75, 3.05) is 12.3 Å². The molecule has 22 heavy (non-hydrogen) atoms. The maximum atomic E-state index is 14.1. The number of hydrogen-bond donors (Lipinski definition) is 1. The van der Waals surface area contributed by atoms with Crippen molar-refractivity contribution in [3.63, 3.8) is 0 Å². The Hall–Kier alpha value is -2.47. The van der Waals surface area contributed by atoms with E-state index in [0.29, 0.717) is 4.68 Å². The van der Waals surface area contributed by atoms with Gasteiger partial charge in [0.2, 0.25) is 0 Å².